The highest BCUT2D eigenvalue weighted by atomic mass is 16.5. The Bertz CT molecular complexity index is 552. The second-order valence-electron chi connectivity index (χ2n) is 6.28. The van der Waals surface area contributed by atoms with Crippen LogP contribution in [0.15, 0.2) is 18.3 Å². The van der Waals surface area contributed by atoms with Crippen molar-refractivity contribution in [2.45, 2.75) is 32.0 Å². The van der Waals surface area contributed by atoms with E-state index in [-0.39, 0.29) is 17.9 Å². The molecule has 6 nitrogen and oxygen atoms in total. The summed E-state index contributed by atoms with van der Waals surface area (Å²) < 4.78 is 10.9. The molecule has 23 heavy (non-hydrogen) atoms. The zero-order valence-electron chi connectivity index (χ0n) is 13.8. The van der Waals surface area contributed by atoms with Gasteiger partial charge in [-0.15, -0.1) is 0 Å². The minimum Gasteiger partial charge on any atom is -0.383 e. The average molecular weight is 319 g/mol. The molecule has 126 valence electrons. The summed E-state index contributed by atoms with van der Waals surface area (Å²) in [5, 5.41) is 2.95. The van der Waals surface area contributed by atoms with Gasteiger partial charge in [0, 0.05) is 45.6 Å². The van der Waals surface area contributed by atoms with Gasteiger partial charge in [0.2, 0.25) is 5.91 Å². The Morgan fingerprint density at radius 2 is 2.43 bits per heavy atom. The number of pyridine rings is 1. The monoisotopic (exact) mass is 319 g/mol. The van der Waals surface area contributed by atoms with Crippen molar-refractivity contribution in [2.75, 3.05) is 33.4 Å². The molecule has 1 aromatic rings. The van der Waals surface area contributed by atoms with Crippen LogP contribution in [0.25, 0.3) is 0 Å². The molecule has 2 fully saturated rings. The van der Waals surface area contributed by atoms with Gasteiger partial charge in [-0.05, 0) is 25.0 Å². The number of ether oxygens (including phenoxy) is 2. The fourth-order valence-electron chi connectivity index (χ4n) is 3.56. The van der Waals surface area contributed by atoms with E-state index in [1.54, 1.807) is 7.11 Å². The fourth-order valence-corrected chi connectivity index (χ4v) is 3.56. The van der Waals surface area contributed by atoms with E-state index in [0.717, 1.165) is 31.8 Å². The molecule has 0 saturated carbocycles. The van der Waals surface area contributed by atoms with Crippen LogP contribution in [0.4, 0.5) is 0 Å². The maximum absolute atomic E-state index is 12.4. The zero-order valence-corrected chi connectivity index (χ0v) is 13.8. The molecule has 1 amide bonds. The zero-order chi connectivity index (χ0) is 16.2. The molecule has 2 saturated heterocycles. The average Bonchev–Trinajstić information content (AvgIpc) is 3.13. The molecule has 0 spiro atoms. The topological polar surface area (TPSA) is 63.7 Å². The van der Waals surface area contributed by atoms with Crippen LogP contribution in [0, 0.1) is 12.8 Å². The highest BCUT2D eigenvalue weighted by molar-refractivity contribution is 5.80. The molecule has 0 unspecified atom stereocenters. The number of nitrogens with zero attached hydrogens (tertiary/aromatic N) is 2. The number of carbonyl (C=O) groups is 1. The van der Waals surface area contributed by atoms with Crippen molar-refractivity contribution in [2.24, 2.45) is 5.92 Å². The van der Waals surface area contributed by atoms with Gasteiger partial charge in [0.1, 0.15) is 0 Å². The number of aryl methyl sites for hydroxylation is 1. The summed E-state index contributed by atoms with van der Waals surface area (Å²) in [7, 11) is 1.63. The smallest absolute Gasteiger partial charge is 0.227 e. The lowest BCUT2D eigenvalue weighted by molar-refractivity contribution is -0.127. The normalized spacial score (nSPS) is 27.1. The van der Waals surface area contributed by atoms with Crippen LogP contribution in [0.1, 0.15) is 17.7 Å². The molecule has 1 aromatic heterocycles. The van der Waals surface area contributed by atoms with E-state index in [4.69, 9.17) is 9.47 Å². The van der Waals surface area contributed by atoms with E-state index in [1.165, 1.54) is 5.56 Å². The molecule has 0 bridgehead atoms. The maximum Gasteiger partial charge on any atom is 0.227 e. The van der Waals surface area contributed by atoms with Gasteiger partial charge in [0.15, 0.2) is 0 Å². The number of aromatic nitrogens is 1. The van der Waals surface area contributed by atoms with Crippen LogP contribution in [-0.2, 0) is 20.8 Å². The highest BCUT2D eigenvalue weighted by Gasteiger charge is 2.48. The largest absolute Gasteiger partial charge is 0.383 e. The van der Waals surface area contributed by atoms with Crippen molar-refractivity contribution >= 4 is 5.91 Å². The fraction of sp³-hybridized carbons (Fsp3) is 0.647. The van der Waals surface area contributed by atoms with Crippen molar-refractivity contribution < 1.29 is 14.3 Å². The summed E-state index contributed by atoms with van der Waals surface area (Å²) in [4.78, 5) is 19.3. The maximum atomic E-state index is 12.4. The number of rotatable bonds is 6. The molecule has 2 aliphatic heterocycles. The quantitative estimate of drug-likeness (QED) is 0.784. The Morgan fingerprint density at radius 1 is 1.57 bits per heavy atom. The molecule has 0 aromatic carbocycles. The molecular weight excluding hydrogens is 294 g/mol. The molecule has 0 radical (unpaired) electrons. The number of amides is 1. The standard InChI is InChI=1S/C17H25N3O3/c1-12-4-3-6-18-14(12)11-20-10-13(16-15(20)5-8-23-16)17(21)19-7-9-22-2/h3-4,6,13,15-16H,5,7-11H2,1-2H3,(H,19,21)/t13-,15+,16+/m0/s1. The van der Waals surface area contributed by atoms with Gasteiger partial charge in [-0.3, -0.25) is 14.7 Å². The van der Waals surface area contributed by atoms with Gasteiger partial charge in [0.25, 0.3) is 0 Å². The predicted molar refractivity (Wildman–Crippen MR) is 85.9 cm³/mol. The molecule has 1 N–H and O–H groups in total. The number of fused-ring (bicyclic) bond motifs is 1. The Balaban J connectivity index is 1.66. The summed E-state index contributed by atoms with van der Waals surface area (Å²) in [6.07, 6.45) is 2.82. The third-order valence-corrected chi connectivity index (χ3v) is 4.81. The van der Waals surface area contributed by atoms with E-state index in [2.05, 4.69) is 28.2 Å². The van der Waals surface area contributed by atoms with E-state index < -0.39 is 0 Å². The molecule has 2 aliphatic rings. The van der Waals surface area contributed by atoms with E-state index in [9.17, 15) is 4.79 Å². The minimum absolute atomic E-state index is 0.00145. The van der Waals surface area contributed by atoms with E-state index in [0.29, 0.717) is 19.2 Å². The Kier molecular flexibility index (Phi) is 5.25. The Labute approximate surface area is 137 Å². The first-order valence-electron chi connectivity index (χ1n) is 8.23. The molecule has 6 heteroatoms. The number of hydrogen-bond acceptors (Lipinski definition) is 5. The van der Waals surface area contributed by atoms with Crippen molar-refractivity contribution in [3.8, 4) is 0 Å². The van der Waals surface area contributed by atoms with Crippen LogP contribution in [0.3, 0.4) is 0 Å². The number of hydrogen-bond donors (Lipinski definition) is 1. The predicted octanol–water partition coefficient (Wildman–Crippen LogP) is 0.742. The summed E-state index contributed by atoms with van der Waals surface area (Å²) in [6, 6.07) is 4.35. The highest BCUT2D eigenvalue weighted by Crippen LogP contribution is 2.34. The lowest BCUT2D eigenvalue weighted by Gasteiger charge is -2.22. The molecule has 3 rings (SSSR count). The van der Waals surface area contributed by atoms with Gasteiger partial charge in [-0.1, -0.05) is 6.07 Å². The van der Waals surface area contributed by atoms with E-state index >= 15 is 0 Å². The number of likely N-dealkylation sites (tertiary alicyclic amines) is 1. The molecule has 3 heterocycles. The first-order valence-corrected chi connectivity index (χ1v) is 8.23. The van der Waals surface area contributed by atoms with Gasteiger partial charge in [-0.25, -0.2) is 0 Å². The van der Waals surface area contributed by atoms with Gasteiger partial charge in [-0.2, -0.15) is 0 Å². The van der Waals surface area contributed by atoms with Crippen LogP contribution in [0.2, 0.25) is 0 Å². The lowest BCUT2D eigenvalue weighted by atomic mass is 10.0. The first kappa shape index (κ1) is 16.4. The second kappa shape index (κ2) is 7.38. The third-order valence-electron chi connectivity index (χ3n) is 4.81. The first-order chi connectivity index (χ1) is 11.2. The third kappa shape index (κ3) is 3.54. The summed E-state index contributed by atoms with van der Waals surface area (Å²) in [5.74, 6) is -0.0393. The Morgan fingerprint density at radius 3 is 3.22 bits per heavy atom. The van der Waals surface area contributed by atoms with Crippen molar-refractivity contribution in [1.82, 2.24) is 15.2 Å². The summed E-state index contributed by atoms with van der Waals surface area (Å²) >= 11 is 0. The van der Waals surface area contributed by atoms with E-state index in [1.807, 2.05) is 12.3 Å². The minimum atomic E-state index is -0.108. The van der Waals surface area contributed by atoms with Crippen molar-refractivity contribution in [3.05, 3.63) is 29.6 Å². The summed E-state index contributed by atoms with van der Waals surface area (Å²) in [5.41, 5.74) is 2.27. The van der Waals surface area contributed by atoms with Crippen molar-refractivity contribution in [3.63, 3.8) is 0 Å². The van der Waals surface area contributed by atoms with Gasteiger partial charge in [0.05, 0.1) is 24.3 Å². The number of nitrogens with one attached hydrogen (secondary N) is 1. The number of methoxy groups -OCH3 is 1. The van der Waals surface area contributed by atoms with Gasteiger partial charge >= 0.3 is 0 Å². The van der Waals surface area contributed by atoms with Crippen molar-refractivity contribution in [1.29, 1.82) is 0 Å². The van der Waals surface area contributed by atoms with Gasteiger partial charge < -0.3 is 14.8 Å². The van der Waals surface area contributed by atoms with Crippen LogP contribution in [-0.4, -0.2) is 61.3 Å². The Hall–Kier alpha value is -1.50. The SMILES string of the molecule is COCCNC(=O)[C@H]1CN(Cc2ncccc2C)[C@@H]2CCO[C@H]12. The number of carbonyl (C=O) groups excluding carboxylic acids is 1. The molecule has 0 aliphatic carbocycles. The van der Waals surface area contributed by atoms with Crippen LogP contribution < -0.4 is 5.32 Å². The van der Waals surface area contributed by atoms with Crippen LogP contribution >= 0.6 is 0 Å². The van der Waals surface area contributed by atoms with Crippen LogP contribution in [0.5, 0.6) is 0 Å². The lowest BCUT2D eigenvalue weighted by Crippen LogP contribution is -2.39. The second-order valence-corrected chi connectivity index (χ2v) is 6.28. The molecular formula is C17H25N3O3. The molecule has 3 atom stereocenters. The summed E-state index contributed by atoms with van der Waals surface area (Å²) in [6.45, 7) is 5.39.